The van der Waals surface area contributed by atoms with Gasteiger partial charge in [-0.15, -0.1) is 11.3 Å². The van der Waals surface area contributed by atoms with Gasteiger partial charge in [0.25, 0.3) is 5.56 Å². The summed E-state index contributed by atoms with van der Waals surface area (Å²) < 4.78 is 15.3. The first-order valence-corrected chi connectivity index (χ1v) is 9.96. The van der Waals surface area contributed by atoms with Crippen LogP contribution in [0, 0.1) is 17.7 Å². The van der Waals surface area contributed by atoms with Gasteiger partial charge in [-0.05, 0) is 29.3 Å². The number of aryl methyl sites for hydroxylation is 1. The molecule has 0 amide bonds. The van der Waals surface area contributed by atoms with Crippen LogP contribution in [0.15, 0.2) is 65.5 Å². The van der Waals surface area contributed by atoms with Gasteiger partial charge in [0.05, 0.1) is 20.7 Å². The summed E-state index contributed by atoms with van der Waals surface area (Å²) in [4.78, 5) is 13.6. The van der Waals surface area contributed by atoms with Gasteiger partial charge < -0.3 is 9.67 Å². The number of rotatable bonds is 3. The molecular weight excluding hydrogens is 385 g/mol. The van der Waals surface area contributed by atoms with Crippen molar-refractivity contribution in [3.05, 3.63) is 98.4 Å². The van der Waals surface area contributed by atoms with Crippen LogP contribution in [0.4, 0.5) is 4.39 Å². The summed E-state index contributed by atoms with van der Waals surface area (Å²) in [5, 5.41) is 10.8. The van der Waals surface area contributed by atoms with Gasteiger partial charge in [-0.1, -0.05) is 54.3 Å². The first-order chi connectivity index (χ1) is 14.0. The molecule has 29 heavy (non-hydrogen) atoms. The molecule has 0 fully saturated rings. The maximum atomic E-state index is 13.1. The Balaban J connectivity index is 1.69. The number of fused-ring (bicyclic) bond motifs is 1. The monoisotopic (exact) mass is 403 g/mol. The Morgan fingerprint density at radius 1 is 1.07 bits per heavy atom. The van der Waals surface area contributed by atoms with E-state index in [2.05, 4.69) is 11.8 Å². The van der Waals surface area contributed by atoms with E-state index < -0.39 is 0 Å². The van der Waals surface area contributed by atoms with Crippen molar-refractivity contribution in [1.29, 1.82) is 0 Å². The molecule has 0 aliphatic rings. The molecule has 0 atom stereocenters. The first-order valence-electron chi connectivity index (χ1n) is 9.14. The number of halogens is 1. The Bertz CT molecular complexity index is 1290. The van der Waals surface area contributed by atoms with Crippen LogP contribution in [0.25, 0.3) is 10.2 Å². The lowest BCUT2D eigenvalue weighted by Gasteiger charge is -2.09. The van der Waals surface area contributed by atoms with Crippen molar-refractivity contribution in [3.63, 3.8) is 0 Å². The van der Waals surface area contributed by atoms with Crippen LogP contribution >= 0.6 is 11.3 Å². The zero-order valence-electron chi connectivity index (χ0n) is 15.8. The molecule has 0 aliphatic heterocycles. The molecule has 5 heteroatoms. The zero-order valence-corrected chi connectivity index (χ0v) is 16.6. The second-order valence-corrected chi connectivity index (χ2v) is 7.84. The quantitative estimate of drug-likeness (QED) is 0.507. The topological polar surface area (TPSA) is 42.2 Å². The van der Waals surface area contributed by atoms with Crippen LogP contribution in [0.3, 0.4) is 0 Å². The van der Waals surface area contributed by atoms with Crippen molar-refractivity contribution in [2.24, 2.45) is 7.05 Å². The predicted octanol–water partition coefficient (Wildman–Crippen LogP) is 4.63. The van der Waals surface area contributed by atoms with E-state index in [9.17, 15) is 14.3 Å². The van der Waals surface area contributed by atoms with Gasteiger partial charge in [0, 0.05) is 19.9 Å². The summed E-state index contributed by atoms with van der Waals surface area (Å²) >= 11 is 1.37. The summed E-state index contributed by atoms with van der Waals surface area (Å²) in [6, 6.07) is 17.7. The Kier molecular flexibility index (Phi) is 5.20. The molecule has 0 saturated carbocycles. The minimum absolute atomic E-state index is 0.0199. The molecule has 4 aromatic rings. The molecule has 144 valence electrons. The molecule has 1 N–H and O–H groups in total. The number of hydrogen-bond acceptors (Lipinski definition) is 3. The van der Waals surface area contributed by atoms with Crippen LogP contribution < -0.4 is 5.56 Å². The van der Waals surface area contributed by atoms with Crippen LogP contribution in [0.1, 0.15) is 21.6 Å². The van der Waals surface area contributed by atoms with Crippen molar-refractivity contribution >= 4 is 21.6 Å². The van der Waals surface area contributed by atoms with E-state index in [1.807, 2.05) is 36.4 Å². The molecule has 0 spiro atoms. The number of aromatic nitrogens is 1. The third kappa shape index (κ3) is 3.94. The third-order valence-corrected chi connectivity index (χ3v) is 5.83. The van der Waals surface area contributed by atoms with E-state index in [1.54, 1.807) is 19.2 Å². The van der Waals surface area contributed by atoms with Crippen LogP contribution in [-0.2, 0) is 19.9 Å². The lowest BCUT2D eigenvalue weighted by atomic mass is 10.1. The Labute approximate surface area is 171 Å². The van der Waals surface area contributed by atoms with Crippen molar-refractivity contribution in [2.45, 2.75) is 12.8 Å². The summed E-state index contributed by atoms with van der Waals surface area (Å²) in [5.41, 5.74) is 2.60. The number of aromatic hydroxyl groups is 1. The minimum Gasteiger partial charge on any atom is -0.506 e. The van der Waals surface area contributed by atoms with Crippen LogP contribution in [-0.4, -0.2) is 9.67 Å². The molecule has 4 rings (SSSR count). The van der Waals surface area contributed by atoms with Crippen LogP contribution in [0.5, 0.6) is 5.75 Å². The van der Waals surface area contributed by atoms with Crippen LogP contribution in [0.2, 0.25) is 0 Å². The smallest absolute Gasteiger partial charge is 0.258 e. The van der Waals surface area contributed by atoms with E-state index in [0.29, 0.717) is 22.2 Å². The van der Waals surface area contributed by atoms with E-state index in [-0.39, 0.29) is 23.5 Å². The highest BCUT2D eigenvalue weighted by molar-refractivity contribution is 7.19. The number of thiophene rings is 1. The van der Waals surface area contributed by atoms with Gasteiger partial charge in [0.2, 0.25) is 0 Å². The van der Waals surface area contributed by atoms with Crippen molar-refractivity contribution in [3.8, 4) is 17.6 Å². The molecular formula is C24H18FNO2S. The van der Waals surface area contributed by atoms with Crippen molar-refractivity contribution in [2.75, 3.05) is 0 Å². The SMILES string of the molecule is Cn1c(=O)c(Cc2ccc(F)cc2)c(O)c2sc(C#CCc3ccccc3)cc21. The number of nitrogens with zero attached hydrogens (tertiary/aromatic N) is 1. The summed E-state index contributed by atoms with van der Waals surface area (Å²) in [7, 11) is 1.69. The molecule has 3 nitrogen and oxygen atoms in total. The Morgan fingerprint density at radius 2 is 1.79 bits per heavy atom. The molecule has 0 saturated heterocycles. The zero-order chi connectivity index (χ0) is 20.4. The van der Waals surface area contributed by atoms with E-state index >= 15 is 0 Å². The Morgan fingerprint density at radius 3 is 2.52 bits per heavy atom. The Hall–Kier alpha value is -3.36. The number of hydrogen-bond donors (Lipinski definition) is 1. The molecule has 2 aromatic carbocycles. The van der Waals surface area contributed by atoms with Crippen molar-refractivity contribution in [1.82, 2.24) is 4.57 Å². The van der Waals surface area contributed by atoms with Gasteiger partial charge in [-0.25, -0.2) is 4.39 Å². The highest BCUT2D eigenvalue weighted by Crippen LogP contribution is 2.34. The van der Waals surface area contributed by atoms with E-state index in [0.717, 1.165) is 16.0 Å². The maximum absolute atomic E-state index is 13.1. The van der Waals surface area contributed by atoms with Gasteiger partial charge in [0.15, 0.2) is 0 Å². The number of benzene rings is 2. The highest BCUT2D eigenvalue weighted by atomic mass is 32.1. The highest BCUT2D eigenvalue weighted by Gasteiger charge is 2.17. The number of pyridine rings is 1. The second kappa shape index (κ2) is 7.94. The molecule has 0 aliphatic carbocycles. The third-order valence-electron chi connectivity index (χ3n) is 4.78. The fourth-order valence-corrected chi connectivity index (χ4v) is 4.24. The normalized spacial score (nSPS) is 10.7. The lowest BCUT2D eigenvalue weighted by Crippen LogP contribution is -2.21. The molecule has 2 aromatic heterocycles. The predicted molar refractivity (Wildman–Crippen MR) is 115 cm³/mol. The average Bonchev–Trinajstić information content (AvgIpc) is 3.16. The molecule has 2 heterocycles. The summed E-state index contributed by atoms with van der Waals surface area (Å²) in [6.45, 7) is 0. The van der Waals surface area contributed by atoms with Gasteiger partial charge in [0.1, 0.15) is 11.6 Å². The maximum Gasteiger partial charge on any atom is 0.258 e. The minimum atomic E-state index is -0.335. The fourth-order valence-electron chi connectivity index (χ4n) is 3.21. The summed E-state index contributed by atoms with van der Waals surface area (Å²) in [6.07, 6.45) is 0.872. The van der Waals surface area contributed by atoms with Gasteiger partial charge >= 0.3 is 0 Å². The largest absolute Gasteiger partial charge is 0.506 e. The fraction of sp³-hybridized carbons (Fsp3) is 0.125. The first kappa shape index (κ1) is 19.0. The van der Waals surface area contributed by atoms with E-state index in [4.69, 9.17) is 0 Å². The molecule has 0 unspecified atom stereocenters. The molecule has 0 radical (unpaired) electrons. The lowest BCUT2D eigenvalue weighted by molar-refractivity contribution is 0.474. The average molecular weight is 403 g/mol. The van der Waals surface area contributed by atoms with Crippen molar-refractivity contribution < 1.29 is 9.50 Å². The standard InChI is InChI=1S/C24H18FNO2S/c1-26-21-15-19(9-5-8-16-6-3-2-4-7-16)29-23(21)22(27)20(24(26)28)14-17-10-12-18(25)13-11-17/h2-4,6-7,10-13,15,27H,8,14H2,1H3. The van der Waals surface area contributed by atoms with Gasteiger partial charge in [-0.3, -0.25) is 4.79 Å². The van der Waals surface area contributed by atoms with E-state index in [1.165, 1.54) is 28.0 Å². The molecule has 0 bridgehead atoms. The summed E-state index contributed by atoms with van der Waals surface area (Å²) in [5.74, 6) is 5.93. The second-order valence-electron chi connectivity index (χ2n) is 6.78. The van der Waals surface area contributed by atoms with Gasteiger partial charge in [-0.2, -0.15) is 0 Å².